The second-order valence-corrected chi connectivity index (χ2v) is 3.28. The molecule has 15 heavy (non-hydrogen) atoms. The highest BCUT2D eigenvalue weighted by atomic mass is 16.5. The first kappa shape index (κ1) is 10.1. The summed E-state index contributed by atoms with van der Waals surface area (Å²) in [6.45, 7) is 4.39. The topological polar surface area (TPSA) is 83.1 Å². The lowest BCUT2D eigenvalue weighted by Crippen LogP contribution is -2.48. The van der Waals surface area contributed by atoms with Gasteiger partial charge in [-0.15, -0.1) is 5.10 Å². The number of rotatable bonds is 2. The first-order chi connectivity index (χ1) is 7.25. The monoisotopic (exact) mass is 211 g/mol. The average Bonchev–Trinajstić information content (AvgIpc) is 2.66. The predicted molar refractivity (Wildman–Crippen MR) is 51.0 cm³/mol. The zero-order chi connectivity index (χ0) is 10.7. The number of hydrazine groups is 1. The molecule has 1 aromatic heterocycles. The molecule has 0 atom stereocenters. The van der Waals surface area contributed by atoms with Crippen molar-refractivity contribution in [2.75, 3.05) is 26.3 Å². The molecular weight excluding hydrogens is 198 g/mol. The molecule has 0 unspecified atom stereocenters. The molecule has 1 aliphatic heterocycles. The van der Waals surface area contributed by atoms with Crippen LogP contribution < -0.4 is 5.43 Å². The van der Waals surface area contributed by atoms with Gasteiger partial charge in [-0.3, -0.25) is 15.3 Å². The molecule has 1 fully saturated rings. The Hall–Kier alpha value is -1.47. The number of hydrogen-bond acceptors (Lipinski definition) is 5. The Kier molecular flexibility index (Phi) is 2.93. The SMILES string of the molecule is Cc1nc(C(=O)NN2CCOCC2)n[nH]1. The molecule has 0 spiro atoms. The minimum Gasteiger partial charge on any atom is -0.379 e. The van der Waals surface area contributed by atoms with Crippen molar-refractivity contribution in [2.24, 2.45) is 0 Å². The molecule has 2 rings (SSSR count). The number of nitrogens with zero attached hydrogens (tertiary/aromatic N) is 3. The fourth-order valence-electron chi connectivity index (χ4n) is 1.31. The minimum absolute atomic E-state index is 0.166. The third-order valence-corrected chi connectivity index (χ3v) is 2.07. The molecule has 2 N–H and O–H groups in total. The van der Waals surface area contributed by atoms with Crippen LogP contribution in [0.1, 0.15) is 16.4 Å². The van der Waals surface area contributed by atoms with Gasteiger partial charge in [0.2, 0.25) is 5.82 Å². The summed E-state index contributed by atoms with van der Waals surface area (Å²) in [5, 5.41) is 8.20. The molecule has 1 aliphatic rings. The van der Waals surface area contributed by atoms with Crippen molar-refractivity contribution in [1.82, 2.24) is 25.6 Å². The molecule has 7 nitrogen and oxygen atoms in total. The van der Waals surface area contributed by atoms with Gasteiger partial charge in [-0.25, -0.2) is 9.99 Å². The first-order valence-electron chi connectivity index (χ1n) is 4.78. The Balaban J connectivity index is 1.91. The molecular formula is C8H13N5O2. The van der Waals surface area contributed by atoms with E-state index < -0.39 is 0 Å². The van der Waals surface area contributed by atoms with E-state index in [1.54, 1.807) is 11.9 Å². The number of carbonyl (C=O) groups is 1. The fraction of sp³-hybridized carbons (Fsp3) is 0.625. The average molecular weight is 211 g/mol. The molecule has 0 aliphatic carbocycles. The second kappa shape index (κ2) is 4.37. The van der Waals surface area contributed by atoms with E-state index in [2.05, 4.69) is 20.6 Å². The fourth-order valence-corrected chi connectivity index (χ4v) is 1.31. The third-order valence-electron chi connectivity index (χ3n) is 2.07. The van der Waals surface area contributed by atoms with Crippen LogP contribution in [0.3, 0.4) is 0 Å². The Morgan fingerprint density at radius 2 is 2.27 bits per heavy atom. The number of H-pyrrole nitrogens is 1. The number of nitrogens with one attached hydrogen (secondary N) is 2. The number of amides is 1. The zero-order valence-corrected chi connectivity index (χ0v) is 8.49. The van der Waals surface area contributed by atoms with Crippen LogP contribution >= 0.6 is 0 Å². The summed E-state index contributed by atoms with van der Waals surface area (Å²) in [4.78, 5) is 15.5. The quantitative estimate of drug-likeness (QED) is 0.661. The Labute approximate surface area is 86.8 Å². The van der Waals surface area contributed by atoms with Crippen molar-refractivity contribution in [1.29, 1.82) is 0 Å². The van der Waals surface area contributed by atoms with E-state index in [4.69, 9.17) is 4.74 Å². The maximum atomic E-state index is 11.6. The molecule has 82 valence electrons. The molecule has 0 aromatic carbocycles. The van der Waals surface area contributed by atoms with Crippen LogP contribution in [0.25, 0.3) is 0 Å². The van der Waals surface area contributed by atoms with Crippen molar-refractivity contribution in [3.63, 3.8) is 0 Å². The summed E-state index contributed by atoms with van der Waals surface area (Å²) in [6, 6.07) is 0. The van der Waals surface area contributed by atoms with E-state index in [0.29, 0.717) is 32.1 Å². The number of aromatic amines is 1. The van der Waals surface area contributed by atoms with Crippen molar-refractivity contribution in [3.8, 4) is 0 Å². The van der Waals surface area contributed by atoms with Crippen molar-refractivity contribution in [3.05, 3.63) is 11.6 Å². The molecule has 2 heterocycles. The van der Waals surface area contributed by atoms with Gasteiger partial charge in [0, 0.05) is 13.1 Å². The highest BCUT2D eigenvalue weighted by Crippen LogP contribution is 1.95. The lowest BCUT2D eigenvalue weighted by molar-refractivity contribution is 0.0123. The molecule has 0 radical (unpaired) electrons. The van der Waals surface area contributed by atoms with E-state index >= 15 is 0 Å². The maximum absolute atomic E-state index is 11.6. The van der Waals surface area contributed by atoms with Gasteiger partial charge in [-0.05, 0) is 6.92 Å². The molecule has 0 saturated carbocycles. The van der Waals surface area contributed by atoms with E-state index in [9.17, 15) is 4.79 Å². The summed E-state index contributed by atoms with van der Waals surface area (Å²) >= 11 is 0. The van der Waals surface area contributed by atoms with Gasteiger partial charge in [0.05, 0.1) is 13.2 Å². The van der Waals surface area contributed by atoms with E-state index in [0.717, 1.165) is 0 Å². The first-order valence-corrected chi connectivity index (χ1v) is 4.78. The summed E-state index contributed by atoms with van der Waals surface area (Å²) < 4.78 is 5.16. The van der Waals surface area contributed by atoms with Gasteiger partial charge in [-0.2, -0.15) is 0 Å². The van der Waals surface area contributed by atoms with Gasteiger partial charge in [0.15, 0.2) is 0 Å². The van der Waals surface area contributed by atoms with Crippen LogP contribution in [-0.2, 0) is 4.74 Å². The standard InChI is InChI=1S/C8H13N5O2/c1-6-9-7(11-10-6)8(14)12-13-2-4-15-5-3-13/h2-5H2,1H3,(H,12,14)(H,9,10,11). The smallest absolute Gasteiger partial charge is 0.305 e. The van der Waals surface area contributed by atoms with Gasteiger partial charge in [0.1, 0.15) is 5.82 Å². The third kappa shape index (κ3) is 2.51. The molecule has 1 saturated heterocycles. The summed E-state index contributed by atoms with van der Waals surface area (Å²) in [7, 11) is 0. The van der Waals surface area contributed by atoms with E-state index in [1.165, 1.54) is 0 Å². The zero-order valence-electron chi connectivity index (χ0n) is 8.49. The molecule has 1 aromatic rings. The van der Waals surface area contributed by atoms with Gasteiger partial charge in [-0.1, -0.05) is 0 Å². The number of aryl methyl sites for hydroxylation is 1. The van der Waals surface area contributed by atoms with Crippen LogP contribution in [0.4, 0.5) is 0 Å². The number of carbonyl (C=O) groups excluding carboxylic acids is 1. The minimum atomic E-state index is -0.291. The maximum Gasteiger partial charge on any atom is 0.305 e. The Morgan fingerprint density at radius 3 is 2.87 bits per heavy atom. The molecule has 7 heteroatoms. The van der Waals surface area contributed by atoms with Crippen LogP contribution in [0, 0.1) is 6.92 Å². The molecule has 0 bridgehead atoms. The van der Waals surface area contributed by atoms with E-state index in [1.807, 2.05) is 0 Å². The summed E-state index contributed by atoms with van der Waals surface area (Å²) in [5.74, 6) is 0.502. The van der Waals surface area contributed by atoms with Crippen molar-refractivity contribution >= 4 is 5.91 Å². The van der Waals surface area contributed by atoms with Crippen molar-refractivity contribution in [2.45, 2.75) is 6.92 Å². The highest BCUT2D eigenvalue weighted by Gasteiger charge is 2.16. The van der Waals surface area contributed by atoms with Crippen LogP contribution in [0.5, 0.6) is 0 Å². The van der Waals surface area contributed by atoms with E-state index in [-0.39, 0.29) is 11.7 Å². The van der Waals surface area contributed by atoms with Gasteiger partial charge < -0.3 is 4.74 Å². The normalized spacial score (nSPS) is 17.7. The lowest BCUT2D eigenvalue weighted by atomic mass is 10.5. The predicted octanol–water partition coefficient (Wildman–Crippen LogP) is -0.910. The Bertz CT molecular complexity index is 345. The highest BCUT2D eigenvalue weighted by molar-refractivity contribution is 5.89. The second-order valence-electron chi connectivity index (χ2n) is 3.28. The van der Waals surface area contributed by atoms with Crippen LogP contribution in [0.2, 0.25) is 0 Å². The largest absolute Gasteiger partial charge is 0.379 e. The molecule has 1 amide bonds. The number of aromatic nitrogens is 3. The number of morpholine rings is 1. The van der Waals surface area contributed by atoms with Gasteiger partial charge in [0.25, 0.3) is 0 Å². The Morgan fingerprint density at radius 1 is 1.53 bits per heavy atom. The lowest BCUT2D eigenvalue weighted by Gasteiger charge is -2.26. The summed E-state index contributed by atoms with van der Waals surface area (Å²) in [6.07, 6.45) is 0. The number of ether oxygens (including phenoxy) is 1. The van der Waals surface area contributed by atoms with Crippen LogP contribution in [-0.4, -0.2) is 52.4 Å². The van der Waals surface area contributed by atoms with Gasteiger partial charge >= 0.3 is 5.91 Å². The summed E-state index contributed by atoms with van der Waals surface area (Å²) in [5.41, 5.74) is 2.72. The van der Waals surface area contributed by atoms with Crippen molar-refractivity contribution < 1.29 is 9.53 Å². The number of hydrogen-bond donors (Lipinski definition) is 2. The van der Waals surface area contributed by atoms with Crippen LogP contribution in [0.15, 0.2) is 0 Å².